The van der Waals surface area contributed by atoms with Crippen LogP contribution >= 0.6 is 0 Å². The Bertz CT molecular complexity index is 560. The predicted molar refractivity (Wildman–Crippen MR) is 81.2 cm³/mol. The third-order valence-electron chi connectivity index (χ3n) is 4.68. The molecule has 2 aliphatic heterocycles. The van der Waals surface area contributed by atoms with Gasteiger partial charge in [0.25, 0.3) is 0 Å². The van der Waals surface area contributed by atoms with Crippen LogP contribution in [0.1, 0.15) is 12.8 Å². The molecule has 2 N–H and O–H groups in total. The number of aromatic nitrogens is 2. The molecule has 0 spiro atoms. The Balaban J connectivity index is 1.53. The van der Waals surface area contributed by atoms with Crippen LogP contribution in [0.3, 0.4) is 0 Å². The fraction of sp³-hybridized carbons (Fsp3) is 0.667. The van der Waals surface area contributed by atoms with Crippen LogP contribution in [-0.4, -0.2) is 59.4 Å². The zero-order chi connectivity index (χ0) is 17.2. The van der Waals surface area contributed by atoms with Crippen LogP contribution in [0.15, 0.2) is 18.3 Å². The molecule has 0 bridgehead atoms. The average molecular weight is 343 g/mol. The standard InChI is InChI=1S/C15H20F3N5O/c16-15(17,18)12-9-19-8-11(12)14(24)23-6-3-10(4-7-23)21-13-2-1-5-20-22-13/h1-2,5,10-12,19H,3-4,6-9H2,(H,21,22)/t11-,12-/m1/s1. The molecule has 2 saturated heterocycles. The van der Waals surface area contributed by atoms with E-state index in [4.69, 9.17) is 0 Å². The second-order valence-corrected chi connectivity index (χ2v) is 6.27. The van der Waals surface area contributed by atoms with E-state index in [1.54, 1.807) is 17.2 Å². The highest BCUT2D eigenvalue weighted by atomic mass is 19.4. The molecule has 1 amide bonds. The van der Waals surface area contributed by atoms with Crippen molar-refractivity contribution in [3.05, 3.63) is 18.3 Å². The number of alkyl halides is 3. The van der Waals surface area contributed by atoms with E-state index in [9.17, 15) is 18.0 Å². The molecule has 3 heterocycles. The molecule has 0 unspecified atom stereocenters. The molecule has 0 saturated carbocycles. The Kier molecular flexibility index (Phi) is 4.88. The summed E-state index contributed by atoms with van der Waals surface area (Å²) < 4.78 is 39.0. The smallest absolute Gasteiger partial charge is 0.366 e. The molecular formula is C15H20F3N5O. The highest BCUT2D eigenvalue weighted by Gasteiger charge is 2.50. The van der Waals surface area contributed by atoms with Crippen LogP contribution in [0.4, 0.5) is 19.0 Å². The van der Waals surface area contributed by atoms with Crippen molar-refractivity contribution in [1.29, 1.82) is 0 Å². The number of anilines is 1. The van der Waals surface area contributed by atoms with E-state index in [0.29, 0.717) is 31.7 Å². The number of nitrogens with zero attached hydrogens (tertiary/aromatic N) is 3. The minimum Gasteiger partial charge on any atom is -0.366 e. The number of hydrogen-bond donors (Lipinski definition) is 2. The zero-order valence-electron chi connectivity index (χ0n) is 13.1. The van der Waals surface area contributed by atoms with E-state index in [2.05, 4.69) is 20.8 Å². The van der Waals surface area contributed by atoms with Crippen molar-refractivity contribution in [2.45, 2.75) is 25.1 Å². The van der Waals surface area contributed by atoms with Gasteiger partial charge >= 0.3 is 6.18 Å². The number of nitrogens with one attached hydrogen (secondary N) is 2. The maximum atomic E-state index is 13.0. The van der Waals surface area contributed by atoms with Crippen molar-refractivity contribution >= 4 is 11.7 Å². The molecule has 9 heteroatoms. The first-order chi connectivity index (χ1) is 11.4. The summed E-state index contributed by atoms with van der Waals surface area (Å²) in [5, 5.41) is 13.7. The second kappa shape index (κ2) is 6.92. The van der Waals surface area contributed by atoms with Gasteiger partial charge in [0.2, 0.25) is 5.91 Å². The SMILES string of the molecule is O=C([C@@H]1CNC[C@H]1C(F)(F)F)N1CCC(Nc2cccnn2)CC1. The van der Waals surface area contributed by atoms with Gasteiger partial charge in [-0.2, -0.15) is 18.3 Å². The molecule has 1 aromatic rings. The van der Waals surface area contributed by atoms with Gasteiger partial charge in [-0.3, -0.25) is 4.79 Å². The maximum Gasteiger partial charge on any atom is 0.393 e. The van der Waals surface area contributed by atoms with Gasteiger partial charge in [-0.15, -0.1) is 5.10 Å². The van der Waals surface area contributed by atoms with Crippen molar-refractivity contribution < 1.29 is 18.0 Å². The quantitative estimate of drug-likeness (QED) is 0.865. The minimum absolute atomic E-state index is 0.0980. The average Bonchev–Trinajstić information content (AvgIpc) is 3.06. The highest BCUT2D eigenvalue weighted by molar-refractivity contribution is 5.80. The van der Waals surface area contributed by atoms with Gasteiger partial charge in [-0.25, -0.2) is 0 Å². The maximum absolute atomic E-state index is 13.0. The van der Waals surface area contributed by atoms with Crippen LogP contribution in [0.5, 0.6) is 0 Å². The molecule has 2 fully saturated rings. The number of amides is 1. The fourth-order valence-corrected chi connectivity index (χ4v) is 3.35. The van der Waals surface area contributed by atoms with Gasteiger partial charge < -0.3 is 15.5 Å². The number of piperidine rings is 1. The van der Waals surface area contributed by atoms with Gasteiger partial charge in [-0.05, 0) is 25.0 Å². The molecule has 2 atom stereocenters. The summed E-state index contributed by atoms with van der Waals surface area (Å²) in [7, 11) is 0. The lowest BCUT2D eigenvalue weighted by Gasteiger charge is -2.35. The third kappa shape index (κ3) is 3.77. The molecule has 132 valence electrons. The van der Waals surface area contributed by atoms with E-state index in [-0.39, 0.29) is 25.0 Å². The molecule has 0 radical (unpaired) electrons. The first-order valence-corrected chi connectivity index (χ1v) is 8.05. The molecule has 1 aromatic heterocycles. The van der Waals surface area contributed by atoms with E-state index in [1.807, 2.05) is 6.07 Å². The largest absolute Gasteiger partial charge is 0.393 e. The van der Waals surface area contributed by atoms with Crippen LogP contribution in [0.25, 0.3) is 0 Å². The Morgan fingerprint density at radius 2 is 2.04 bits per heavy atom. The predicted octanol–water partition coefficient (Wildman–Crippen LogP) is 1.28. The Morgan fingerprint density at radius 3 is 2.67 bits per heavy atom. The molecule has 2 aliphatic rings. The lowest BCUT2D eigenvalue weighted by atomic mass is 9.92. The third-order valence-corrected chi connectivity index (χ3v) is 4.68. The van der Waals surface area contributed by atoms with E-state index in [1.165, 1.54) is 0 Å². The van der Waals surface area contributed by atoms with Gasteiger partial charge in [-0.1, -0.05) is 0 Å². The number of hydrogen-bond acceptors (Lipinski definition) is 5. The van der Waals surface area contributed by atoms with Crippen molar-refractivity contribution in [2.24, 2.45) is 11.8 Å². The number of carbonyl (C=O) groups excluding carboxylic acids is 1. The van der Waals surface area contributed by atoms with Crippen LogP contribution in [-0.2, 0) is 4.79 Å². The van der Waals surface area contributed by atoms with Gasteiger partial charge in [0.15, 0.2) is 0 Å². The van der Waals surface area contributed by atoms with Crippen LogP contribution < -0.4 is 10.6 Å². The Labute approximate surface area is 137 Å². The summed E-state index contributed by atoms with van der Waals surface area (Å²) >= 11 is 0. The summed E-state index contributed by atoms with van der Waals surface area (Å²) in [6, 6.07) is 3.73. The first-order valence-electron chi connectivity index (χ1n) is 8.05. The van der Waals surface area contributed by atoms with Crippen molar-refractivity contribution in [1.82, 2.24) is 20.4 Å². The van der Waals surface area contributed by atoms with Crippen molar-refractivity contribution in [2.75, 3.05) is 31.5 Å². The lowest BCUT2D eigenvalue weighted by molar-refractivity contribution is -0.185. The fourth-order valence-electron chi connectivity index (χ4n) is 3.35. The topological polar surface area (TPSA) is 70.2 Å². The van der Waals surface area contributed by atoms with E-state index >= 15 is 0 Å². The minimum atomic E-state index is -4.34. The summed E-state index contributed by atoms with van der Waals surface area (Å²) in [6.45, 7) is 0.834. The van der Waals surface area contributed by atoms with Gasteiger partial charge in [0, 0.05) is 38.4 Å². The molecule has 3 rings (SSSR count). The van der Waals surface area contributed by atoms with Gasteiger partial charge in [0.1, 0.15) is 5.82 Å². The van der Waals surface area contributed by atoms with Gasteiger partial charge in [0.05, 0.1) is 11.8 Å². The zero-order valence-corrected chi connectivity index (χ0v) is 13.1. The molecule has 24 heavy (non-hydrogen) atoms. The molecule has 6 nitrogen and oxygen atoms in total. The monoisotopic (exact) mass is 343 g/mol. The summed E-state index contributed by atoms with van der Waals surface area (Å²) in [6.07, 6.45) is -1.40. The number of carbonyl (C=O) groups is 1. The van der Waals surface area contributed by atoms with Crippen LogP contribution in [0, 0.1) is 11.8 Å². The molecular weight excluding hydrogens is 323 g/mol. The van der Waals surface area contributed by atoms with Crippen molar-refractivity contribution in [3.63, 3.8) is 0 Å². The normalized spacial score (nSPS) is 25.7. The first kappa shape index (κ1) is 16.9. The van der Waals surface area contributed by atoms with E-state index in [0.717, 1.165) is 0 Å². The summed E-state index contributed by atoms with van der Waals surface area (Å²) in [5.41, 5.74) is 0. The Hall–Kier alpha value is -1.90. The lowest BCUT2D eigenvalue weighted by Crippen LogP contribution is -2.47. The second-order valence-electron chi connectivity index (χ2n) is 6.27. The number of halogens is 3. The van der Waals surface area contributed by atoms with Crippen molar-refractivity contribution in [3.8, 4) is 0 Å². The molecule has 0 aliphatic carbocycles. The summed E-state index contributed by atoms with van der Waals surface area (Å²) in [5.74, 6) is -2.31. The van der Waals surface area contributed by atoms with E-state index < -0.39 is 18.0 Å². The Morgan fingerprint density at radius 1 is 1.29 bits per heavy atom. The number of likely N-dealkylation sites (tertiary alicyclic amines) is 1. The summed E-state index contributed by atoms with van der Waals surface area (Å²) in [4.78, 5) is 14.0. The number of rotatable bonds is 3. The highest BCUT2D eigenvalue weighted by Crippen LogP contribution is 2.35. The van der Waals surface area contributed by atoms with Crippen LogP contribution in [0.2, 0.25) is 0 Å². The molecule has 0 aromatic carbocycles.